The van der Waals surface area contributed by atoms with Crippen molar-refractivity contribution in [3.8, 4) is 0 Å². The Hall–Kier alpha value is -2.14. The van der Waals surface area contributed by atoms with Gasteiger partial charge in [-0.15, -0.1) is 0 Å². The fraction of sp³-hybridized carbons (Fsp3) is 0.316. The zero-order valence-corrected chi connectivity index (χ0v) is 15.1. The van der Waals surface area contributed by atoms with Crippen LogP contribution in [0.2, 0.25) is 0 Å². The number of guanidine groups is 1. The molecule has 0 aliphatic rings. The summed E-state index contributed by atoms with van der Waals surface area (Å²) in [5, 5.41) is 3.29. The molecule has 0 heterocycles. The number of benzene rings is 2. The van der Waals surface area contributed by atoms with E-state index in [9.17, 15) is 4.21 Å². The summed E-state index contributed by atoms with van der Waals surface area (Å²) in [4.78, 5) is 7.56. The highest BCUT2D eigenvalue weighted by Crippen LogP contribution is 2.06. The van der Waals surface area contributed by atoms with E-state index >= 15 is 0 Å². The molecule has 0 fully saturated rings. The first-order chi connectivity index (χ1) is 11.7. The summed E-state index contributed by atoms with van der Waals surface area (Å²) in [6.45, 7) is 4.17. The van der Waals surface area contributed by atoms with Crippen LogP contribution in [-0.4, -0.2) is 41.0 Å². The summed E-state index contributed by atoms with van der Waals surface area (Å²) in [6, 6.07) is 19.8. The molecule has 0 aromatic heterocycles. The van der Waals surface area contributed by atoms with Gasteiger partial charge in [-0.3, -0.25) is 9.20 Å². The average molecular weight is 343 g/mol. The van der Waals surface area contributed by atoms with Crippen LogP contribution in [-0.2, 0) is 17.3 Å². The van der Waals surface area contributed by atoms with Crippen LogP contribution in [0.4, 0.5) is 0 Å². The number of hydrogen-bond donors (Lipinski definition) is 1. The van der Waals surface area contributed by atoms with Crippen molar-refractivity contribution in [2.45, 2.75) is 18.4 Å². The Morgan fingerprint density at radius 3 is 2.33 bits per heavy atom. The topological polar surface area (TPSA) is 44.7 Å². The second-order valence-electron chi connectivity index (χ2n) is 5.44. The van der Waals surface area contributed by atoms with Gasteiger partial charge in [-0.2, -0.15) is 0 Å². The first-order valence-electron chi connectivity index (χ1n) is 8.17. The smallest absolute Gasteiger partial charge is 0.193 e. The van der Waals surface area contributed by atoms with Crippen molar-refractivity contribution in [2.75, 3.05) is 25.9 Å². The van der Waals surface area contributed by atoms with Gasteiger partial charge in [0.2, 0.25) is 0 Å². The molecule has 1 atom stereocenters. The Balaban J connectivity index is 1.93. The second kappa shape index (κ2) is 9.88. The van der Waals surface area contributed by atoms with Crippen molar-refractivity contribution in [2.24, 2.45) is 4.99 Å². The Morgan fingerprint density at radius 1 is 1.08 bits per heavy atom. The number of nitrogens with zero attached hydrogens (tertiary/aromatic N) is 2. The summed E-state index contributed by atoms with van der Waals surface area (Å²) in [6.07, 6.45) is 0. The average Bonchev–Trinajstić information content (AvgIpc) is 2.62. The van der Waals surface area contributed by atoms with E-state index in [1.807, 2.05) is 62.5 Å². The van der Waals surface area contributed by atoms with Gasteiger partial charge in [0.05, 0.1) is 17.3 Å². The first kappa shape index (κ1) is 18.2. The highest BCUT2D eigenvalue weighted by atomic mass is 32.2. The largest absolute Gasteiger partial charge is 0.357 e. The third-order valence-corrected chi connectivity index (χ3v) is 4.85. The monoisotopic (exact) mass is 343 g/mol. The van der Waals surface area contributed by atoms with Crippen molar-refractivity contribution >= 4 is 16.8 Å². The van der Waals surface area contributed by atoms with Crippen molar-refractivity contribution in [3.63, 3.8) is 0 Å². The van der Waals surface area contributed by atoms with Gasteiger partial charge in [-0.25, -0.2) is 0 Å². The quantitative estimate of drug-likeness (QED) is 0.621. The van der Waals surface area contributed by atoms with Crippen LogP contribution in [0.3, 0.4) is 0 Å². The molecule has 24 heavy (non-hydrogen) atoms. The highest BCUT2D eigenvalue weighted by Gasteiger charge is 2.07. The van der Waals surface area contributed by atoms with Gasteiger partial charge in [0.15, 0.2) is 5.96 Å². The Kier molecular flexibility index (Phi) is 7.49. The van der Waals surface area contributed by atoms with Gasteiger partial charge in [0.25, 0.3) is 0 Å². The molecule has 4 nitrogen and oxygen atoms in total. The zero-order chi connectivity index (χ0) is 17.2. The Morgan fingerprint density at radius 2 is 1.71 bits per heavy atom. The predicted octanol–water partition coefficient (Wildman–Crippen LogP) is 2.89. The minimum atomic E-state index is -1.01. The van der Waals surface area contributed by atoms with Crippen LogP contribution in [0.15, 0.2) is 70.6 Å². The summed E-state index contributed by atoms with van der Waals surface area (Å²) < 4.78 is 12.3. The molecule has 2 aromatic carbocycles. The summed E-state index contributed by atoms with van der Waals surface area (Å²) in [7, 11) is 1.01. The lowest BCUT2D eigenvalue weighted by Crippen LogP contribution is -2.38. The van der Waals surface area contributed by atoms with Gasteiger partial charge >= 0.3 is 0 Å². The van der Waals surface area contributed by atoms with Crippen molar-refractivity contribution < 1.29 is 4.21 Å². The number of aliphatic imine (C=N–C) groups is 1. The molecule has 0 bridgehead atoms. The first-order valence-corrected chi connectivity index (χ1v) is 9.49. The van der Waals surface area contributed by atoms with E-state index in [4.69, 9.17) is 0 Å². The Bertz CT molecular complexity index is 659. The molecule has 2 aromatic rings. The maximum absolute atomic E-state index is 12.3. The molecule has 0 saturated heterocycles. The molecular formula is C19H25N3OS. The van der Waals surface area contributed by atoms with E-state index in [0.717, 1.165) is 23.9 Å². The molecule has 5 heteroatoms. The maximum Gasteiger partial charge on any atom is 0.193 e. The maximum atomic E-state index is 12.3. The lowest BCUT2D eigenvalue weighted by molar-refractivity contribution is 0.477. The van der Waals surface area contributed by atoms with Crippen LogP contribution < -0.4 is 5.32 Å². The standard InChI is InChI=1S/C19H25N3OS/c1-3-20-19(22(2)16-17-10-6-4-7-11-17)21-14-15-24(23)18-12-8-5-9-13-18/h4-13H,3,14-16H2,1-2H3,(H,20,21). The molecule has 0 spiro atoms. The van der Waals surface area contributed by atoms with Crippen molar-refractivity contribution in [1.29, 1.82) is 0 Å². The third kappa shape index (κ3) is 5.81. The summed E-state index contributed by atoms with van der Waals surface area (Å²) in [5.41, 5.74) is 1.23. The number of hydrogen-bond acceptors (Lipinski definition) is 2. The SMILES string of the molecule is CCNC(=NCCS(=O)c1ccccc1)N(C)Cc1ccccc1. The minimum absolute atomic E-state index is 0.526. The molecule has 2 rings (SSSR count). The van der Waals surface area contributed by atoms with Crippen LogP contribution in [0.1, 0.15) is 12.5 Å². The molecule has 0 saturated carbocycles. The molecule has 1 unspecified atom stereocenters. The van der Waals surface area contributed by atoms with E-state index in [0.29, 0.717) is 12.3 Å². The van der Waals surface area contributed by atoms with E-state index in [2.05, 4.69) is 27.3 Å². The molecular weight excluding hydrogens is 318 g/mol. The number of nitrogens with one attached hydrogen (secondary N) is 1. The van der Waals surface area contributed by atoms with Crippen LogP contribution in [0.25, 0.3) is 0 Å². The zero-order valence-electron chi connectivity index (χ0n) is 14.3. The normalized spacial score (nSPS) is 12.7. The third-order valence-electron chi connectivity index (χ3n) is 3.50. The van der Waals surface area contributed by atoms with Gasteiger partial charge in [-0.05, 0) is 24.6 Å². The molecule has 0 radical (unpaired) electrons. The molecule has 1 N–H and O–H groups in total. The highest BCUT2D eigenvalue weighted by molar-refractivity contribution is 7.85. The molecule has 0 amide bonds. The van der Waals surface area contributed by atoms with Crippen molar-refractivity contribution in [3.05, 3.63) is 66.2 Å². The van der Waals surface area contributed by atoms with E-state index < -0.39 is 10.8 Å². The molecule has 128 valence electrons. The van der Waals surface area contributed by atoms with Crippen LogP contribution in [0, 0.1) is 0 Å². The van der Waals surface area contributed by atoms with Gasteiger partial charge in [0.1, 0.15) is 0 Å². The molecule has 0 aliphatic carbocycles. The minimum Gasteiger partial charge on any atom is -0.357 e. The Labute approximate surface area is 147 Å². The van der Waals surface area contributed by atoms with Gasteiger partial charge < -0.3 is 10.2 Å². The van der Waals surface area contributed by atoms with Gasteiger partial charge in [0, 0.05) is 30.8 Å². The lowest BCUT2D eigenvalue weighted by Gasteiger charge is -2.22. The second-order valence-corrected chi connectivity index (χ2v) is 7.01. The van der Waals surface area contributed by atoms with E-state index in [1.54, 1.807) is 0 Å². The van der Waals surface area contributed by atoms with E-state index in [1.165, 1.54) is 5.56 Å². The van der Waals surface area contributed by atoms with Gasteiger partial charge in [-0.1, -0.05) is 48.5 Å². The predicted molar refractivity (Wildman–Crippen MR) is 102 cm³/mol. The van der Waals surface area contributed by atoms with Crippen LogP contribution in [0.5, 0.6) is 0 Å². The summed E-state index contributed by atoms with van der Waals surface area (Å²) in [5.74, 6) is 1.37. The van der Waals surface area contributed by atoms with Crippen molar-refractivity contribution in [1.82, 2.24) is 10.2 Å². The molecule has 0 aliphatic heterocycles. The van der Waals surface area contributed by atoms with E-state index in [-0.39, 0.29) is 0 Å². The fourth-order valence-corrected chi connectivity index (χ4v) is 3.28. The lowest BCUT2D eigenvalue weighted by atomic mass is 10.2. The van der Waals surface area contributed by atoms with Crippen LogP contribution >= 0.6 is 0 Å². The number of rotatable bonds is 7. The fourth-order valence-electron chi connectivity index (χ4n) is 2.33. The summed E-state index contributed by atoms with van der Waals surface area (Å²) >= 11 is 0.